The quantitative estimate of drug-likeness (QED) is 0.716. The molecule has 3 nitrogen and oxygen atoms in total. The van der Waals surface area contributed by atoms with Gasteiger partial charge in [0.2, 0.25) is 0 Å². The number of likely N-dealkylation sites (N-methyl/N-ethyl adjacent to an activating group) is 1. The predicted molar refractivity (Wildman–Crippen MR) is 79.1 cm³/mol. The maximum atomic E-state index is 4.70. The Kier molecular flexibility index (Phi) is 6.44. The molecule has 100 valence electrons. The fourth-order valence-electron chi connectivity index (χ4n) is 1.87. The van der Waals surface area contributed by atoms with Crippen LogP contribution >= 0.6 is 0 Å². The van der Waals surface area contributed by atoms with Crippen molar-refractivity contribution in [3.63, 3.8) is 0 Å². The first kappa shape index (κ1) is 14.7. The summed E-state index contributed by atoms with van der Waals surface area (Å²) in [5.41, 5.74) is 2.49. The van der Waals surface area contributed by atoms with E-state index in [-0.39, 0.29) is 0 Å². The highest BCUT2D eigenvalue weighted by molar-refractivity contribution is 5.42. The number of aromatic nitrogens is 1. The Balaban J connectivity index is 2.93. The highest BCUT2D eigenvalue weighted by atomic mass is 15.2. The summed E-state index contributed by atoms with van der Waals surface area (Å²) in [6.45, 7) is 10.8. The van der Waals surface area contributed by atoms with Gasteiger partial charge in [0, 0.05) is 25.8 Å². The standard InChI is InChI=1S/C15H25N3/c1-5-8-14-10-13(12-16-7-3)11-15(17-14)18(4)9-6-2/h6,10-11,16H,2,5,7-9,12H2,1,3-4H3. The summed E-state index contributed by atoms with van der Waals surface area (Å²) >= 11 is 0. The van der Waals surface area contributed by atoms with E-state index in [1.165, 1.54) is 11.3 Å². The zero-order valence-electron chi connectivity index (χ0n) is 11.9. The SMILES string of the molecule is C=CCN(C)c1cc(CNCC)cc(CCC)n1. The fourth-order valence-corrected chi connectivity index (χ4v) is 1.87. The molecule has 0 saturated carbocycles. The third-order valence-corrected chi connectivity index (χ3v) is 2.80. The van der Waals surface area contributed by atoms with Crippen LogP contribution in [0.1, 0.15) is 31.5 Å². The van der Waals surface area contributed by atoms with Gasteiger partial charge in [-0.2, -0.15) is 0 Å². The summed E-state index contributed by atoms with van der Waals surface area (Å²) in [6, 6.07) is 4.36. The summed E-state index contributed by atoms with van der Waals surface area (Å²) in [5.74, 6) is 1.04. The summed E-state index contributed by atoms with van der Waals surface area (Å²) < 4.78 is 0. The highest BCUT2D eigenvalue weighted by Crippen LogP contribution is 2.15. The van der Waals surface area contributed by atoms with Crippen LogP contribution in [-0.4, -0.2) is 25.1 Å². The molecule has 0 bridgehead atoms. The van der Waals surface area contributed by atoms with Gasteiger partial charge < -0.3 is 10.2 Å². The van der Waals surface area contributed by atoms with Crippen molar-refractivity contribution in [2.75, 3.05) is 25.0 Å². The number of pyridine rings is 1. The smallest absolute Gasteiger partial charge is 0.129 e. The van der Waals surface area contributed by atoms with Gasteiger partial charge in [-0.3, -0.25) is 0 Å². The van der Waals surface area contributed by atoms with Gasteiger partial charge >= 0.3 is 0 Å². The number of hydrogen-bond acceptors (Lipinski definition) is 3. The zero-order valence-corrected chi connectivity index (χ0v) is 11.9. The molecule has 1 aromatic rings. The lowest BCUT2D eigenvalue weighted by Crippen LogP contribution is -2.20. The summed E-state index contributed by atoms with van der Waals surface area (Å²) in [7, 11) is 2.05. The van der Waals surface area contributed by atoms with Crippen molar-refractivity contribution >= 4 is 5.82 Å². The maximum Gasteiger partial charge on any atom is 0.129 e. The van der Waals surface area contributed by atoms with Crippen LogP contribution in [0.15, 0.2) is 24.8 Å². The largest absolute Gasteiger partial charge is 0.356 e. The lowest BCUT2D eigenvalue weighted by Gasteiger charge is -2.18. The summed E-state index contributed by atoms with van der Waals surface area (Å²) in [4.78, 5) is 6.83. The van der Waals surface area contributed by atoms with Gasteiger partial charge in [0.25, 0.3) is 0 Å². The number of aryl methyl sites for hydroxylation is 1. The van der Waals surface area contributed by atoms with Crippen molar-refractivity contribution in [1.82, 2.24) is 10.3 Å². The van der Waals surface area contributed by atoms with E-state index in [0.29, 0.717) is 0 Å². The molecular formula is C15H25N3. The highest BCUT2D eigenvalue weighted by Gasteiger charge is 2.05. The van der Waals surface area contributed by atoms with Crippen molar-refractivity contribution in [3.05, 3.63) is 36.0 Å². The van der Waals surface area contributed by atoms with Crippen molar-refractivity contribution in [1.29, 1.82) is 0 Å². The topological polar surface area (TPSA) is 28.2 Å². The number of hydrogen-bond donors (Lipinski definition) is 1. The molecule has 1 rings (SSSR count). The fraction of sp³-hybridized carbons (Fsp3) is 0.533. The molecule has 1 aromatic heterocycles. The average molecular weight is 247 g/mol. The Labute approximate surface area is 111 Å². The molecule has 0 fully saturated rings. The van der Waals surface area contributed by atoms with Crippen LogP contribution in [0.5, 0.6) is 0 Å². The first-order chi connectivity index (χ1) is 8.71. The van der Waals surface area contributed by atoms with E-state index in [2.05, 4.69) is 49.8 Å². The second-order valence-corrected chi connectivity index (χ2v) is 4.52. The molecule has 0 aliphatic heterocycles. The summed E-state index contributed by atoms with van der Waals surface area (Å²) in [5, 5.41) is 3.37. The van der Waals surface area contributed by atoms with Crippen LogP contribution in [0.4, 0.5) is 5.82 Å². The minimum Gasteiger partial charge on any atom is -0.356 e. The molecule has 0 saturated heterocycles. The van der Waals surface area contributed by atoms with E-state index in [1.54, 1.807) is 0 Å². The Hall–Kier alpha value is -1.35. The Bertz CT molecular complexity index is 374. The number of nitrogens with one attached hydrogen (secondary N) is 1. The first-order valence-corrected chi connectivity index (χ1v) is 6.73. The minimum atomic E-state index is 0.823. The van der Waals surface area contributed by atoms with Gasteiger partial charge in [0.05, 0.1) is 0 Å². The summed E-state index contributed by atoms with van der Waals surface area (Å²) in [6.07, 6.45) is 4.06. The molecule has 0 aromatic carbocycles. The van der Waals surface area contributed by atoms with E-state index in [9.17, 15) is 0 Å². The van der Waals surface area contributed by atoms with Crippen molar-refractivity contribution in [2.45, 2.75) is 33.2 Å². The second-order valence-electron chi connectivity index (χ2n) is 4.52. The van der Waals surface area contributed by atoms with E-state index in [0.717, 1.165) is 38.3 Å². The predicted octanol–water partition coefficient (Wildman–Crippen LogP) is 2.77. The molecule has 0 unspecified atom stereocenters. The molecule has 0 spiro atoms. The third kappa shape index (κ3) is 4.49. The van der Waals surface area contributed by atoms with Crippen molar-refractivity contribution in [3.8, 4) is 0 Å². The van der Waals surface area contributed by atoms with Crippen molar-refractivity contribution < 1.29 is 0 Å². The molecule has 0 aliphatic rings. The lowest BCUT2D eigenvalue weighted by molar-refractivity contribution is 0.722. The van der Waals surface area contributed by atoms with Gasteiger partial charge in [0.1, 0.15) is 5.82 Å². The van der Waals surface area contributed by atoms with Gasteiger partial charge in [-0.1, -0.05) is 26.3 Å². The van der Waals surface area contributed by atoms with Gasteiger partial charge in [-0.05, 0) is 30.7 Å². The van der Waals surface area contributed by atoms with E-state index in [1.807, 2.05) is 6.08 Å². The monoisotopic (exact) mass is 247 g/mol. The van der Waals surface area contributed by atoms with Crippen LogP contribution in [-0.2, 0) is 13.0 Å². The normalized spacial score (nSPS) is 10.4. The minimum absolute atomic E-state index is 0.823. The van der Waals surface area contributed by atoms with Crippen LogP contribution in [0.25, 0.3) is 0 Å². The maximum absolute atomic E-state index is 4.70. The van der Waals surface area contributed by atoms with Gasteiger partial charge in [-0.15, -0.1) is 6.58 Å². The molecule has 0 amide bonds. The average Bonchev–Trinajstić information content (AvgIpc) is 2.37. The second kappa shape index (κ2) is 7.88. The number of nitrogens with zero attached hydrogens (tertiary/aromatic N) is 2. The van der Waals surface area contributed by atoms with Crippen LogP contribution in [0, 0.1) is 0 Å². The number of anilines is 1. The molecule has 1 heterocycles. The molecule has 1 N–H and O–H groups in total. The number of rotatable bonds is 8. The molecular weight excluding hydrogens is 222 g/mol. The molecule has 3 heteroatoms. The first-order valence-electron chi connectivity index (χ1n) is 6.73. The Morgan fingerprint density at radius 3 is 2.78 bits per heavy atom. The molecule has 0 aliphatic carbocycles. The lowest BCUT2D eigenvalue weighted by atomic mass is 10.1. The van der Waals surface area contributed by atoms with Crippen LogP contribution < -0.4 is 10.2 Å². The third-order valence-electron chi connectivity index (χ3n) is 2.80. The van der Waals surface area contributed by atoms with Gasteiger partial charge in [-0.25, -0.2) is 4.98 Å². The Morgan fingerprint density at radius 2 is 2.17 bits per heavy atom. The Morgan fingerprint density at radius 1 is 1.39 bits per heavy atom. The van der Waals surface area contributed by atoms with Crippen LogP contribution in [0.3, 0.4) is 0 Å². The van der Waals surface area contributed by atoms with E-state index in [4.69, 9.17) is 4.98 Å². The van der Waals surface area contributed by atoms with Gasteiger partial charge in [0.15, 0.2) is 0 Å². The zero-order chi connectivity index (χ0) is 13.4. The van der Waals surface area contributed by atoms with Crippen molar-refractivity contribution in [2.24, 2.45) is 0 Å². The van der Waals surface area contributed by atoms with E-state index < -0.39 is 0 Å². The van der Waals surface area contributed by atoms with E-state index >= 15 is 0 Å². The molecule has 0 radical (unpaired) electrons. The van der Waals surface area contributed by atoms with Crippen LogP contribution in [0.2, 0.25) is 0 Å². The molecule has 18 heavy (non-hydrogen) atoms. The molecule has 0 atom stereocenters.